The van der Waals surface area contributed by atoms with Gasteiger partial charge in [-0.15, -0.1) is 11.3 Å². The first-order chi connectivity index (χ1) is 16.3. The molecule has 1 aliphatic carbocycles. The van der Waals surface area contributed by atoms with E-state index >= 15 is 0 Å². The lowest BCUT2D eigenvalue weighted by molar-refractivity contribution is -0.138. The van der Waals surface area contributed by atoms with E-state index in [0.717, 1.165) is 12.8 Å². The molecule has 1 saturated heterocycles. The highest BCUT2D eigenvalue weighted by atomic mass is 32.1. The molecule has 1 aromatic carbocycles. The quantitative estimate of drug-likeness (QED) is 0.641. The maximum atomic E-state index is 13.2. The average molecular weight is 488 g/mol. The summed E-state index contributed by atoms with van der Waals surface area (Å²) in [6, 6.07) is 5.26. The zero-order valence-corrected chi connectivity index (χ0v) is 19.6. The number of hydrogen-bond donors (Lipinski definition) is 1. The lowest BCUT2D eigenvalue weighted by atomic mass is 10.2. The zero-order valence-electron chi connectivity index (χ0n) is 18.8. The predicted molar refractivity (Wildman–Crippen MR) is 124 cm³/mol. The molecule has 11 heteroatoms. The first-order valence-electron chi connectivity index (χ1n) is 11.1. The Morgan fingerprint density at radius 2 is 1.74 bits per heavy atom. The molecule has 0 atom stereocenters. The number of thiazole rings is 1. The lowest BCUT2D eigenvalue weighted by Gasteiger charge is -2.34. The first kappa shape index (κ1) is 23.8. The topological polar surface area (TPSA) is 103 Å². The van der Waals surface area contributed by atoms with Crippen molar-refractivity contribution < 1.29 is 23.6 Å². The van der Waals surface area contributed by atoms with Gasteiger partial charge in [0.2, 0.25) is 17.7 Å². The van der Waals surface area contributed by atoms with Crippen LogP contribution in [-0.4, -0.2) is 82.1 Å². The van der Waals surface area contributed by atoms with Gasteiger partial charge >= 0.3 is 0 Å². The van der Waals surface area contributed by atoms with Crippen molar-refractivity contribution in [1.29, 1.82) is 0 Å². The number of carbonyl (C=O) groups is 4. The summed E-state index contributed by atoms with van der Waals surface area (Å²) < 4.78 is 13.2. The lowest BCUT2D eigenvalue weighted by Crippen LogP contribution is -2.50. The molecule has 2 fully saturated rings. The maximum Gasteiger partial charge on any atom is 0.254 e. The summed E-state index contributed by atoms with van der Waals surface area (Å²) in [6.45, 7) is 3.41. The van der Waals surface area contributed by atoms with Gasteiger partial charge in [0.25, 0.3) is 5.91 Å². The number of rotatable bonds is 7. The molecule has 2 aliphatic rings. The molecule has 2 heterocycles. The molecule has 34 heavy (non-hydrogen) atoms. The molecular formula is C23H26FN5O4S. The van der Waals surface area contributed by atoms with Crippen LogP contribution in [0.15, 0.2) is 29.6 Å². The van der Waals surface area contributed by atoms with Crippen molar-refractivity contribution in [2.45, 2.75) is 32.2 Å². The number of benzene rings is 1. The molecule has 1 aromatic heterocycles. The molecule has 4 rings (SSSR count). The molecule has 0 spiro atoms. The minimum absolute atomic E-state index is 0.00347. The number of nitrogens with one attached hydrogen (secondary N) is 1. The molecule has 0 unspecified atom stereocenters. The molecule has 180 valence electrons. The smallest absolute Gasteiger partial charge is 0.254 e. The number of anilines is 1. The standard InChI is InChI=1S/C23H26FN5O4S/c1-15(30)27-8-10-28(11-9-27)21(32)12-18-14-34-23(25-18)26-20(31)13-29(19-6-7-19)22(33)16-2-4-17(24)5-3-16/h2-5,14,19H,6-13H2,1H3,(H,25,26,31). The van der Waals surface area contributed by atoms with Crippen LogP contribution >= 0.6 is 11.3 Å². The van der Waals surface area contributed by atoms with Crippen LogP contribution < -0.4 is 5.32 Å². The Bertz CT molecular complexity index is 1080. The summed E-state index contributed by atoms with van der Waals surface area (Å²) in [6.07, 6.45) is 1.76. The normalized spacial score (nSPS) is 15.7. The molecule has 0 radical (unpaired) electrons. The molecule has 2 aromatic rings. The summed E-state index contributed by atoms with van der Waals surface area (Å²) >= 11 is 1.22. The van der Waals surface area contributed by atoms with E-state index in [-0.39, 0.29) is 42.6 Å². The highest BCUT2D eigenvalue weighted by Crippen LogP contribution is 2.28. The van der Waals surface area contributed by atoms with Crippen LogP contribution in [-0.2, 0) is 20.8 Å². The Morgan fingerprint density at radius 1 is 1.09 bits per heavy atom. The van der Waals surface area contributed by atoms with E-state index in [1.165, 1.54) is 47.4 Å². The molecule has 1 N–H and O–H groups in total. The third-order valence-electron chi connectivity index (χ3n) is 5.86. The maximum absolute atomic E-state index is 13.2. The van der Waals surface area contributed by atoms with Gasteiger partial charge in [0, 0.05) is 50.1 Å². The van der Waals surface area contributed by atoms with Gasteiger partial charge in [0.05, 0.1) is 12.1 Å². The van der Waals surface area contributed by atoms with Gasteiger partial charge in [-0.25, -0.2) is 9.37 Å². The van der Waals surface area contributed by atoms with Gasteiger partial charge < -0.3 is 20.0 Å². The van der Waals surface area contributed by atoms with Crippen LogP contribution in [0.1, 0.15) is 35.8 Å². The SMILES string of the molecule is CC(=O)N1CCN(C(=O)Cc2csc(NC(=O)CN(C(=O)c3ccc(F)cc3)C3CC3)n2)CC1. The fourth-order valence-electron chi connectivity index (χ4n) is 3.81. The fourth-order valence-corrected chi connectivity index (χ4v) is 4.53. The summed E-state index contributed by atoms with van der Waals surface area (Å²) in [7, 11) is 0. The monoisotopic (exact) mass is 487 g/mol. The number of hydrogen-bond acceptors (Lipinski definition) is 6. The third kappa shape index (κ3) is 5.96. The molecule has 9 nitrogen and oxygen atoms in total. The van der Waals surface area contributed by atoms with E-state index < -0.39 is 5.82 Å². The van der Waals surface area contributed by atoms with Crippen LogP contribution in [0.5, 0.6) is 0 Å². The minimum Gasteiger partial charge on any atom is -0.339 e. The number of aromatic nitrogens is 1. The van der Waals surface area contributed by atoms with Crippen molar-refractivity contribution in [2.75, 3.05) is 38.0 Å². The minimum atomic E-state index is -0.427. The van der Waals surface area contributed by atoms with Gasteiger partial charge in [-0.05, 0) is 37.1 Å². The van der Waals surface area contributed by atoms with Crippen molar-refractivity contribution in [3.63, 3.8) is 0 Å². The Balaban J connectivity index is 1.29. The Kier molecular flexibility index (Phi) is 7.20. The Labute approximate surface area is 200 Å². The Morgan fingerprint density at radius 3 is 2.35 bits per heavy atom. The Hall–Kier alpha value is -3.34. The van der Waals surface area contributed by atoms with Crippen molar-refractivity contribution in [3.8, 4) is 0 Å². The van der Waals surface area contributed by atoms with Crippen molar-refractivity contribution in [1.82, 2.24) is 19.7 Å². The zero-order chi connectivity index (χ0) is 24.2. The number of piperazine rings is 1. The van der Waals surface area contributed by atoms with Crippen molar-refractivity contribution in [2.24, 2.45) is 0 Å². The highest BCUT2D eigenvalue weighted by Gasteiger charge is 2.34. The van der Waals surface area contributed by atoms with Gasteiger partial charge in [0.1, 0.15) is 12.4 Å². The second-order valence-electron chi connectivity index (χ2n) is 8.43. The van der Waals surface area contributed by atoms with Gasteiger partial charge in [-0.2, -0.15) is 0 Å². The second-order valence-corrected chi connectivity index (χ2v) is 9.29. The molecule has 0 bridgehead atoms. The number of amides is 4. The largest absolute Gasteiger partial charge is 0.339 e. The molecule has 4 amide bonds. The van der Waals surface area contributed by atoms with Crippen LogP contribution in [0.3, 0.4) is 0 Å². The summed E-state index contributed by atoms with van der Waals surface area (Å²) in [5.74, 6) is -1.19. The van der Waals surface area contributed by atoms with E-state index in [9.17, 15) is 23.6 Å². The third-order valence-corrected chi connectivity index (χ3v) is 6.67. The van der Waals surface area contributed by atoms with Crippen LogP contribution in [0.2, 0.25) is 0 Å². The highest BCUT2D eigenvalue weighted by molar-refractivity contribution is 7.13. The van der Waals surface area contributed by atoms with Crippen molar-refractivity contribution >= 4 is 40.1 Å². The number of halogens is 1. The first-order valence-corrected chi connectivity index (χ1v) is 12.0. The number of nitrogens with zero attached hydrogens (tertiary/aromatic N) is 4. The second kappa shape index (κ2) is 10.3. The molecule has 1 saturated carbocycles. The van der Waals surface area contributed by atoms with Crippen molar-refractivity contribution in [3.05, 3.63) is 46.7 Å². The summed E-state index contributed by atoms with van der Waals surface area (Å²) in [5, 5.41) is 4.79. The predicted octanol–water partition coefficient (Wildman–Crippen LogP) is 1.76. The fraction of sp³-hybridized carbons (Fsp3) is 0.435. The van der Waals surface area contributed by atoms with Gasteiger partial charge in [-0.1, -0.05) is 0 Å². The molecule has 1 aliphatic heterocycles. The number of carbonyl (C=O) groups excluding carboxylic acids is 4. The summed E-state index contributed by atoms with van der Waals surface area (Å²) in [5.41, 5.74) is 0.890. The van der Waals surface area contributed by atoms with E-state index in [0.29, 0.717) is 42.6 Å². The summed E-state index contributed by atoms with van der Waals surface area (Å²) in [4.78, 5) is 58.7. The van der Waals surface area contributed by atoms with E-state index in [2.05, 4.69) is 10.3 Å². The van der Waals surface area contributed by atoms with E-state index in [4.69, 9.17) is 0 Å². The van der Waals surface area contributed by atoms with Crippen LogP contribution in [0.4, 0.5) is 9.52 Å². The van der Waals surface area contributed by atoms with E-state index in [1.54, 1.807) is 15.2 Å². The average Bonchev–Trinajstić information content (AvgIpc) is 3.57. The van der Waals surface area contributed by atoms with E-state index in [1.807, 2.05) is 0 Å². The van der Waals surface area contributed by atoms with Crippen LogP contribution in [0.25, 0.3) is 0 Å². The van der Waals surface area contributed by atoms with Gasteiger partial charge in [-0.3, -0.25) is 19.2 Å². The van der Waals surface area contributed by atoms with Gasteiger partial charge in [0.15, 0.2) is 5.13 Å². The van der Waals surface area contributed by atoms with Crippen LogP contribution in [0, 0.1) is 5.82 Å². The molecular weight excluding hydrogens is 461 g/mol.